The van der Waals surface area contributed by atoms with Crippen molar-refractivity contribution >= 4 is 32.6 Å². The smallest absolute Gasteiger partial charge is 0.266 e. The molecule has 4 rings (SSSR count). The highest BCUT2D eigenvalue weighted by Gasteiger charge is 2.23. The van der Waals surface area contributed by atoms with E-state index in [2.05, 4.69) is 4.90 Å². The van der Waals surface area contributed by atoms with Gasteiger partial charge in [-0.3, -0.25) is 14.6 Å². The highest BCUT2D eigenvalue weighted by atomic mass is 32.1. The number of hydrogen-bond acceptors (Lipinski definition) is 9. The molecule has 2 heterocycles. The highest BCUT2D eigenvalue weighted by Crippen LogP contribution is 2.40. The molecule has 9 nitrogen and oxygen atoms in total. The molecule has 1 amide bonds. The normalized spacial score (nSPS) is 14.0. The van der Waals surface area contributed by atoms with Crippen molar-refractivity contribution in [2.75, 3.05) is 72.2 Å². The quantitative estimate of drug-likeness (QED) is 0.395. The lowest BCUT2D eigenvalue weighted by molar-refractivity contribution is -0.120. The van der Waals surface area contributed by atoms with Gasteiger partial charge in [0.2, 0.25) is 0 Å². The average molecular weight is 502 g/mol. The fraction of sp³-hybridized carbons (Fsp3) is 0.440. The van der Waals surface area contributed by atoms with Crippen LogP contribution in [0.25, 0.3) is 10.2 Å². The molecule has 0 atom stereocenters. The number of ether oxygens (including phenoxy) is 5. The summed E-state index contributed by atoms with van der Waals surface area (Å²) >= 11 is 1.41. The minimum absolute atomic E-state index is 0.116. The number of benzene rings is 2. The predicted molar refractivity (Wildman–Crippen MR) is 135 cm³/mol. The number of methoxy groups -OCH3 is 3. The van der Waals surface area contributed by atoms with Crippen LogP contribution in [-0.2, 0) is 9.53 Å². The Hall–Kier alpha value is -3.08. The molecule has 2 aromatic carbocycles. The van der Waals surface area contributed by atoms with Crippen molar-refractivity contribution in [1.29, 1.82) is 0 Å². The minimum atomic E-state index is -0.174. The molecule has 0 saturated carbocycles. The Morgan fingerprint density at radius 1 is 1.06 bits per heavy atom. The molecule has 0 bridgehead atoms. The van der Waals surface area contributed by atoms with Crippen molar-refractivity contribution in [2.24, 2.45) is 0 Å². The zero-order valence-electron chi connectivity index (χ0n) is 20.3. The number of aromatic nitrogens is 1. The Labute approximate surface area is 209 Å². The van der Waals surface area contributed by atoms with Crippen LogP contribution in [0, 0.1) is 0 Å². The van der Waals surface area contributed by atoms with Crippen LogP contribution in [0.1, 0.15) is 6.42 Å². The lowest BCUT2D eigenvalue weighted by Crippen LogP contribution is -2.40. The lowest BCUT2D eigenvalue weighted by Gasteiger charge is -2.27. The van der Waals surface area contributed by atoms with Crippen LogP contribution in [-0.4, -0.2) is 83.1 Å². The molecular formula is C25H31N3O6S. The summed E-state index contributed by atoms with van der Waals surface area (Å²) in [4.78, 5) is 22.2. The maximum absolute atomic E-state index is 13.4. The molecule has 1 aliphatic rings. The zero-order valence-corrected chi connectivity index (χ0v) is 21.1. The van der Waals surface area contributed by atoms with Gasteiger partial charge in [-0.1, -0.05) is 17.4 Å². The summed E-state index contributed by atoms with van der Waals surface area (Å²) < 4.78 is 28.3. The summed E-state index contributed by atoms with van der Waals surface area (Å²) in [5.41, 5.74) is 0.673. The molecule has 0 radical (unpaired) electrons. The van der Waals surface area contributed by atoms with Gasteiger partial charge in [-0.15, -0.1) is 0 Å². The van der Waals surface area contributed by atoms with Gasteiger partial charge in [-0.25, -0.2) is 4.98 Å². The first-order chi connectivity index (χ1) is 17.1. The molecule has 10 heteroatoms. The van der Waals surface area contributed by atoms with Crippen molar-refractivity contribution in [1.82, 2.24) is 9.88 Å². The number of anilines is 1. The van der Waals surface area contributed by atoms with Gasteiger partial charge in [-0.05, 0) is 30.7 Å². The standard InChI is InChI=1S/C25H31N3O6S/c1-30-18-6-4-7-19(16-18)34-17-22(29)28(11-5-10-27-12-14-33-15-13-27)25-26-23-20(31-2)8-9-21(32-3)24(23)35-25/h4,6-9,16H,5,10-15,17H2,1-3H3. The van der Waals surface area contributed by atoms with Crippen LogP contribution in [0.5, 0.6) is 23.0 Å². The Balaban J connectivity index is 1.54. The zero-order chi connectivity index (χ0) is 24.6. The topological polar surface area (TPSA) is 82.6 Å². The molecule has 1 aromatic heterocycles. The second-order valence-corrected chi connectivity index (χ2v) is 8.94. The first kappa shape index (κ1) is 25.0. The van der Waals surface area contributed by atoms with Crippen LogP contribution >= 0.6 is 11.3 Å². The van der Waals surface area contributed by atoms with Gasteiger partial charge in [0.25, 0.3) is 5.91 Å². The van der Waals surface area contributed by atoms with E-state index in [1.165, 1.54) is 11.3 Å². The Morgan fingerprint density at radius 2 is 1.80 bits per heavy atom. The van der Waals surface area contributed by atoms with Crippen molar-refractivity contribution < 1.29 is 28.5 Å². The Bertz CT molecular complexity index is 1090. The van der Waals surface area contributed by atoms with E-state index in [1.807, 2.05) is 24.3 Å². The number of morpholine rings is 1. The molecule has 0 aliphatic carbocycles. The van der Waals surface area contributed by atoms with Crippen LogP contribution < -0.4 is 23.8 Å². The second kappa shape index (κ2) is 12.1. The molecule has 1 saturated heterocycles. The highest BCUT2D eigenvalue weighted by molar-refractivity contribution is 7.22. The van der Waals surface area contributed by atoms with Gasteiger partial charge < -0.3 is 23.7 Å². The predicted octanol–water partition coefficient (Wildman–Crippen LogP) is 3.46. The summed E-state index contributed by atoms with van der Waals surface area (Å²) in [6.07, 6.45) is 0.801. The van der Waals surface area contributed by atoms with E-state index < -0.39 is 0 Å². The SMILES string of the molecule is COc1cccc(OCC(=O)N(CCCN2CCOCC2)c2nc3c(OC)ccc(OC)c3s2)c1. The van der Waals surface area contributed by atoms with Crippen molar-refractivity contribution in [2.45, 2.75) is 6.42 Å². The van der Waals surface area contributed by atoms with E-state index in [1.54, 1.807) is 38.4 Å². The van der Waals surface area contributed by atoms with E-state index in [0.717, 1.165) is 44.0 Å². The number of carbonyl (C=O) groups is 1. The van der Waals surface area contributed by atoms with Gasteiger partial charge in [0, 0.05) is 32.2 Å². The van der Waals surface area contributed by atoms with Gasteiger partial charge in [-0.2, -0.15) is 0 Å². The molecule has 188 valence electrons. The monoisotopic (exact) mass is 501 g/mol. The summed E-state index contributed by atoms with van der Waals surface area (Å²) in [5.74, 6) is 2.39. The number of fused-ring (bicyclic) bond motifs is 1. The maximum Gasteiger partial charge on any atom is 0.266 e. The Morgan fingerprint density at radius 3 is 2.54 bits per heavy atom. The molecule has 35 heavy (non-hydrogen) atoms. The fourth-order valence-corrected chi connectivity index (χ4v) is 5.03. The number of nitrogens with zero attached hydrogens (tertiary/aromatic N) is 3. The van der Waals surface area contributed by atoms with Crippen molar-refractivity contribution in [3.63, 3.8) is 0 Å². The third kappa shape index (κ3) is 6.14. The molecule has 0 N–H and O–H groups in total. The number of carbonyl (C=O) groups excluding carboxylic acids is 1. The molecular weight excluding hydrogens is 470 g/mol. The van der Waals surface area contributed by atoms with E-state index >= 15 is 0 Å². The van der Waals surface area contributed by atoms with Crippen LogP contribution in [0.3, 0.4) is 0 Å². The van der Waals surface area contributed by atoms with Gasteiger partial charge >= 0.3 is 0 Å². The van der Waals surface area contributed by atoms with E-state index in [4.69, 9.17) is 28.7 Å². The van der Waals surface area contributed by atoms with E-state index in [-0.39, 0.29) is 12.5 Å². The van der Waals surface area contributed by atoms with Gasteiger partial charge in [0.15, 0.2) is 11.7 Å². The molecule has 0 spiro atoms. The second-order valence-electron chi connectivity index (χ2n) is 7.96. The molecule has 3 aromatic rings. The number of thiazole rings is 1. The van der Waals surface area contributed by atoms with Crippen LogP contribution in [0.4, 0.5) is 5.13 Å². The Kier molecular flexibility index (Phi) is 8.62. The van der Waals surface area contributed by atoms with Crippen LogP contribution in [0.15, 0.2) is 36.4 Å². The van der Waals surface area contributed by atoms with Crippen molar-refractivity contribution in [3.05, 3.63) is 36.4 Å². The average Bonchev–Trinajstić information content (AvgIpc) is 3.35. The summed E-state index contributed by atoms with van der Waals surface area (Å²) in [7, 11) is 4.82. The van der Waals surface area contributed by atoms with E-state index in [9.17, 15) is 4.79 Å². The van der Waals surface area contributed by atoms with Gasteiger partial charge in [0.05, 0.1) is 34.5 Å². The molecule has 1 aliphatic heterocycles. The summed E-state index contributed by atoms with van der Waals surface area (Å²) in [6.45, 7) is 4.58. The lowest BCUT2D eigenvalue weighted by atomic mass is 10.3. The van der Waals surface area contributed by atoms with E-state index in [0.29, 0.717) is 40.2 Å². The third-order valence-corrected chi connectivity index (χ3v) is 6.89. The fourth-order valence-electron chi connectivity index (χ4n) is 3.91. The molecule has 1 fully saturated rings. The number of rotatable bonds is 11. The first-order valence-corrected chi connectivity index (χ1v) is 12.3. The molecule has 0 unspecified atom stereocenters. The van der Waals surface area contributed by atoms with Gasteiger partial charge in [0.1, 0.15) is 33.2 Å². The maximum atomic E-state index is 13.4. The van der Waals surface area contributed by atoms with Crippen molar-refractivity contribution in [3.8, 4) is 23.0 Å². The number of hydrogen-bond donors (Lipinski definition) is 0. The summed E-state index contributed by atoms with van der Waals surface area (Å²) in [5, 5.41) is 0.587. The number of amides is 1. The summed E-state index contributed by atoms with van der Waals surface area (Å²) in [6, 6.07) is 10.9. The third-order valence-electron chi connectivity index (χ3n) is 5.79. The minimum Gasteiger partial charge on any atom is -0.497 e. The first-order valence-electron chi connectivity index (χ1n) is 11.5. The van der Waals surface area contributed by atoms with Crippen LogP contribution in [0.2, 0.25) is 0 Å². The largest absolute Gasteiger partial charge is 0.497 e.